The van der Waals surface area contributed by atoms with Crippen molar-refractivity contribution in [3.63, 3.8) is 0 Å². The zero-order valence-corrected chi connectivity index (χ0v) is 19.5. The van der Waals surface area contributed by atoms with Crippen LogP contribution in [0.5, 0.6) is 0 Å². The van der Waals surface area contributed by atoms with Gasteiger partial charge in [-0.25, -0.2) is 23.7 Å². The Morgan fingerprint density at radius 3 is 2.44 bits per heavy atom. The van der Waals surface area contributed by atoms with E-state index in [1.54, 1.807) is 15.9 Å². The highest BCUT2D eigenvalue weighted by Gasteiger charge is 2.36. The molecule has 0 saturated carbocycles. The smallest absolute Gasteiger partial charge is 0.297 e. The molecule has 1 aliphatic rings. The van der Waals surface area contributed by atoms with Gasteiger partial charge in [0.25, 0.3) is 12.3 Å². The maximum absolute atomic E-state index is 13.4. The van der Waals surface area contributed by atoms with Crippen LogP contribution in [0.1, 0.15) is 48.2 Å². The van der Waals surface area contributed by atoms with Crippen molar-refractivity contribution < 1.29 is 23.2 Å². The summed E-state index contributed by atoms with van der Waals surface area (Å²) in [6, 6.07) is 3.42. The fourth-order valence-corrected chi connectivity index (χ4v) is 4.19. The summed E-state index contributed by atoms with van der Waals surface area (Å²) in [5.74, 6) is -2.00. The highest BCUT2D eigenvalue weighted by Crippen LogP contribution is 2.33. The molecule has 9 nitrogen and oxygen atoms in total. The van der Waals surface area contributed by atoms with Crippen molar-refractivity contribution >= 4 is 29.3 Å². The highest BCUT2D eigenvalue weighted by molar-refractivity contribution is 6.29. The molecule has 3 amide bonds. The predicted octanol–water partition coefficient (Wildman–Crippen LogP) is 2.80. The second-order valence-electron chi connectivity index (χ2n) is 7.72. The van der Waals surface area contributed by atoms with E-state index in [0.717, 1.165) is 0 Å². The minimum absolute atomic E-state index is 0.0227. The van der Waals surface area contributed by atoms with Crippen molar-refractivity contribution in [3.05, 3.63) is 53.1 Å². The summed E-state index contributed by atoms with van der Waals surface area (Å²) in [5, 5.41) is 2.36. The van der Waals surface area contributed by atoms with Crippen LogP contribution in [0.25, 0.3) is 11.4 Å². The van der Waals surface area contributed by atoms with Crippen molar-refractivity contribution in [1.29, 1.82) is 0 Å². The molecule has 34 heavy (non-hydrogen) atoms. The summed E-state index contributed by atoms with van der Waals surface area (Å²) in [6.45, 7) is 7.26. The van der Waals surface area contributed by atoms with Crippen LogP contribution < -0.4 is 5.32 Å². The highest BCUT2D eigenvalue weighted by atomic mass is 35.5. The number of pyridine rings is 1. The third kappa shape index (κ3) is 5.19. The van der Waals surface area contributed by atoms with Crippen LogP contribution in [-0.4, -0.2) is 68.7 Å². The maximum atomic E-state index is 13.4. The lowest BCUT2D eigenvalue weighted by molar-refractivity contribution is -0.143. The van der Waals surface area contributed by atoms with Crippen molar-refractivity contribution in [1.82, 2.24) is 30.1 Å². The summed E-state index contributed by atoms with van der Waals surface area (Å²) < 4.78 is 26.8. The van der Waals surface area contributed by atoms with Crippen LogP contribution in [-0.2, 0) is 9.59 Å². The minimum Gasteiger partial charge on any atom is -0.354 e. The normalized spacial score (nSPS) is 18.1. The Balaban J connectivity index is 2.13. The van der Waals surface area contributed by atoms with E-state index >= 15 is 0 Å². The largest absolute Gasteiger partial charge is 0.354 e. The molecule has 180 valence electrons. The molecular formula is C22H23ClF2N6O3. The molecule has 2 aromatic rings. The molecule has 1 aliphatic heterocycles. The Morgan fingerprint density at radius 2 is 1.85 bits per heavy atom. The summed E-state index contributed by atoms with van der Waals surface area (Å²) >= 11 is 6.26. The van der Waals surface area contributed by atoms with Crippen molar-refractivity contribution in [2.45, 2.75) is 32.4 Å². The summed E-state index contributed by atoms with van der Waals surface area (Å²) in [6.07, 6.45) is -1.82. The molecule has 0 aromatic carbocycles. The van der Waals surface area contributed by atoms with Gasteiger partial charge in [-0.3, -0.25) is 14.4 Å². The molecule has 1 fully saturated rings. The number of amides is 3. The summed E-state index contributed by atoms with van der Waals surface area (Å²) in [4.78, 5) is 51.6. The Hall–Kier alpha value is -3.47. The monoisotopic (exact) mass is 492 g/mol. The van der Waals surface area contributed by atoms with Gasteiger partial charge in [-0.2, -0.15) is 0 Å². The number of hydrogen-bond acceptors (Lipinski definition) is 6. The summed E-state index contributed by atoms with van der Waals surface area (Å²) in [5.41, 5.74) is 0.341. The van der Waals surface area contributed by atoms with Crippen LogP contribution in [0.15, 0.2) is 30.9 Å². The van der Waals surface area contributed by atoms with Gasteiger partial charge >= 0.3 is 0 Å². The molecule has 0 bridgehead atoms. The van der Waals surface area contributed by atoms with Gasteiger partial charge in [0.05, 0.1) is 17.4 Å². The molecule has 0 radical (unpaired) electrons. The number of rotatable bonds is 5. The first kappa shape index (κ1) is 25.2. The number of hydrogen-bond donors (Lipinski definition) is 1. The first-order valence-corrected chi connectivity index (χ1v) is 10.7. The van der Waals surface area contributed by atoms with E-state index in [1.807, 2.05) is 6.92 Å². The quantitative estimate of drug-likeness (QED) is 0.508. The number of piperazine rings is 1. The van der Waals surface area contributed by atoms with Crippen LogP contribution in [0.3, 0.4) is 0 Å². The average Bonchev–Trinajstić information content (AvgIpc) is 2.81. The van der Waals surface area contributed by atoms with Crippen LogP contribution >= 0.6 is 11.6 Å². The first-order valence-electron chi connectivity index (χ1n) is 10.3. The van der Waals surface area contributed by atoms with E-state index in [9.17, 15) is 23.2 Å². The summed E-state index contributed by atoms with van der Waals surface area (Å²) in [7, 11) is 1.35. The number of aromatic nitrogens is 3. The number of carbonyl (C=O) groups is 3. The van der Waals surface area contributed by atoms with Crippen LogP contribution in [0.2, 0.25) is 5.15 Å². The second kappa shape index (κ2) is 10.2. The van der Waals surface area contributed by atoms with Crippen molar-refractivity contribution in [2.75, 3.05) is 20.1 Å². The van der Waals surface area contributed by atoms with E-state index in [0.29, 0.717) is 12.1 Å². The fraction of sp³-hybridized carbons (Fsp3) is 0.364. The van der Waals surface area contributed by atoms with Gasteiger partial charge in [-0.15, -0.1) is 0 Å². The third-order valence-electron chi connectivity index (χ3n) is 5.40. The molecule has 1 N–H and O–H groups in total. The molecule has 2 aromatic heterocycles. The zero-order chi connectivity index (χ0) is 25.2. The Kier molecular flexibility index (Phi) is 7.55. The fourth-order valence-electron chi connectivity index (χ4n) is 3.97. The van der Waals surface area contributed by atoms with Crippen LogP contribution in [0.4, 0.5) is 8.78 Å². The molecule has 0 spiro atoms. The topological polar surface area (TPSA) is 108 Å². The van der Waals surface area contributed by atoms with Gasteiger partial charge in [0.15, 0.2) is 5.82 Å². The molecule has 0 unspecified atom stereocenters. The SMILES string of the molecule is C=CC(=O)N1C[C@@H](C)N(C(C)=O)[C@H](c2cc(Cl)nc(-c3cc(C(=O)NC)nc(C(F)F)n3)c2)C1. The van der Waals surface area contributed by atoms with Gasteiger partial charge in [0.2, 0.25) is 11.8 Å². The predicted molar refractivity (Wildman–Crippen MR) is 120 cm³/mol. The molecule has 3 rings (SSSR count). The maximum Gasteiger partial charge on any atom is 0.297 e. The first-order chi connectivity index (χ1) is 16.0. The Labute approximate surface area is 199 Å². The van der Waals surface area contributed by atoms with Gasteiger partial charge in [-0.1, -0.05) is 18.2 Å². The lowest BCUT2D eigenvalue weighted by atomic mass is 9.98. The molecule has 0 aliphatic carbocycles. The Morgan fingerprint density at radius 1 is 1.18 bits per heavy atom. The molecular weight excluding hydrogens is 470 g/mol. The lowest BCUT2D eigenvalue weighted by Gasteiger charge is -2.45. The van der Waals surface area contributed by atoms with Gasteiger partial charge < -0.3 is 15.1 Å². The van der Waals surface area contributed by atoms with E-state index in [2.05, 4.69) is 26.8 Å². The third-order valence-corrected chi connectivity index (χ3v) is 5.59. The van der Waals surface area contributed by atoms with Gasteiger partial charge in [-0.05, 0) is 36.8 Å². The number of carbonyl (C=O) groups excluding carboxylic acids is 3. The van der Waals surface area contributed by atoms with Crippen molar-refractivity contribution in [3.8, 4) is 11.4 Å². The molecule has 1 saturated heterocycles. The van der Waals surface area contributed by atoms with E-state index in [1.165, 1.54) is 32.2 Å². The Bertz CT molecular complexity index is 1150. The number of alkyl halides is 2. The lowest BCUT2D eigenvalue weighted by Crippen LogP contribution is -2.56. The standard InChI is InChI=1S/C22H23ClF2N6O3/c1-5-19(33)30-9-11(2)31(12(3)32)17(10-30)13-6-14(27-18(23)7-13)15-8-16(22(34)26-4)29-21(28-15)20(24)25/h5-8,11,17,20H,1,9-10H2,2-4H3,(H,26,34)/t11-,17+/m1/s1. The number of nitrogens with zero attached hydrogens (tertiary/aromatic N) is 5. The average molecular weight is 493 g/mol. The molecule has 3 heterocycles. The second-order valence-corrected chi connectivity index (χ2v) is 8.11. The van der Waals surface area contributed by atoms with E-state index < -0.39 is 24.2 Å². The molecule has 2 atom stereocenters. The van der Waals surface area contributed by atoms with E-state index in [4.69, 9.17) is 11.6 Å². The van der Waals surface area contributed by atoms with Crippen LogP contribution in [0, 0.1) is 0 Å². The number of halogens is 3. The van der Waals surface area contributed by atoms with Crippen molar-refractivity contribution in [2.24, 2.45) is 0 Å². The minimum atomic E-state index is -3.02. The number of nitrogens with one attached hydrogen (secondary N) is 1. The van der Waals surface area contributed by atoms with Gasteiger partial charge in [0.1, 0.15) is 10.8 Å². The van der Waals surface area contributed by atoms with Gasteiger partial charge in [0, 0.05) is 33.1 Å². The zero-order valence-electron chi connectivity index (χ0n) is 18.8. The van der Waals surface area contributed by atoms with E-state index in [-0.39, 0.29) is 46.6 Å². The molecule has 12 heteroatoms.